The van der Waals surface area contributed by atoms with Crippen molar-refractivity contribution in [2.45, 2.75) is 26.3 Å². The number of rotatable bonds is 3. The van der Waals surface area contributed by atoms with E-state index in [9.17, 15) is 4.79 Å². The van der Waals surface area contributed by atoms with Gasteiger partial charge in [0.05, 0.1) is 0 Å². The molecule has 116 valence electrons. The number of piperazine rings is 1. The van der Waals surface area contributed by atoms with Crippen LogP contribution in [-0.4, -0.2) is 55.0 Å². The molecule has 2 aliphatic rings. The van der Waals surface area contributed by atoms with E-state index in [1.54, 1.807) is 0 Å². The smallest absolute Gasteiger partial charge is 0.228 e. The zero-order chi connectivity index (χ0) is 14.7. The van der Waals surface area contributed by atoms with Crippen LogP contribution in [-0.2, 0) is 11.3 Å². The van der Waals surface area contributed by atoms with Gasteiger partial charge in [0.2, 0.25) is 5.91 Å². The van der Waals surface area contributed by atoms with Crippen molar-refractivity contribution in [1.29, 1.82) is 0 Å². The van der Waals surface area contributed by atoms with Crippen molar-refractivity contribution in [3.05, 3.63) is 22.4 Å². The highest BCUT2D eigenvalue weighted by Gasteiger charge is 2.38. The van der Waals surface area contributed by atoms with Crippen molar-refractivity contribution in [2.75, 3.05) is 39.3 Å². The van der Waals surface area contributed by atoms with Gasteiger partial charge in [-0.3, -0.25) is 9.69 Å². The normalized spacial score (nSPS) is 23.2. The van der Waals surface area contributed by atoms with E-state index >= 15 is 0 Å². The summed E-state index contributed by atoms with van der Waals surface area (Å²) in [4.78, 5) is 18.7. The second kappa shape index (κ2) is 6.46. The molecule has 1 aromatic rings. The fourth-order valence-electron chi connectivity index (χ4n) is 3.31. The van der Waals surface area contributed by atoms with Gasteiger partial charge in [0.1, 0.15) is 0 Å². The molecule has 0 saturated carbocycles. The van der Waals surface area contributed by atoms with Crippen molar-refractivity contribution in [2.24, 2.45) is 5.41 Å². The Morgan fingerprint density at radius 3 is 2.62 bits per heavy atom. The molecular formula is C16H25N3OS. The van der Waals surface area contributed by atoms with Gasteiger partial charge in [-0.15, -0.1) is 11.3 Å². The lowest BCUT2D eigenvalue weighted by Gasteiger charge is -2.41. The van der Waals surface area contributed by atoms with Gasteiger partial charge in [0, 0.05) is 43.0 Å². The second-order valence-corrected chi connectivity index (χ2v) is 7.49. The van der Waals surface area contributed by atoms with Crippen molar-refractivity contribution in [3.8, 4) is 0 Å². The number of amides is 1. The van der Waals surface area contributed by atoms with Gasteiger partial charge in [-0.25, -0.2) is 0 Å². The SMILES string of the molecule is CC1(C(=O)N2CCN(Cc3cccs3)CC2)CCNCC1. The maximum atomic E-state index is 12.8. The van der Waals surface area contributed by atoms with Gasteiger partial charge in [-0.05, 0) is 37.4 Å². The van der Waals surface area contributed by atoms with Crippen LogP contribution in [0, 0.1) is 5.41 Å². The average molecular weight is 307 g/mol. The Labute approximate surface area is 131 Å². The molecule has 0 spiro atoms. The topological polar surface area (TPSA) is 35.6 Å². The molecule has 21 heavy (non-hydrogen) atoms. The van der Waals surface area contributed by atoms with Crippen LogP contribution in [0.25, 0.3) is 0 Å². The number of thiophene rings is 1. The molecule has 1 amide bonds. The van der Waals surface area contributed by atoms with Crippen LogP contribution in [0.5, 0.6) is 0 Å². The lowest BCUT2D eigenvalue weighted by atomic mass is 9.79. The fraction of sp³-hybridized carbons (Fsp3) is 0.688. The highest BCUT2D eigenvalue weighted by Crippen LogP contribution is 2.30. The van der Waals surface area contributed by atoms with Gasteiger partial charge in [0.25, 0.3) is 0 Å². The lowest BCUT2D eigenvalue weighted by Crippen LogP contribution is -2.54. The lowest BCUT2D eigenvalue weighted by molar-refractivity contribution is -0.144. The molecule has 4 nitrogen and oxygen atoms in total. The average Bonchev–Trinajstić information content (AvgIpc) is 3.01. The van der Waals surface area contributed by atoms with E-state index in [1.807, 2.05) is 11.3 Å². The third-order valence-electron chi connectivity index (χ3n) is 4.84. The molecule has 2 fully saturated rings. The summed E-state index contributed by atoms with van der Waals surface area (Å²) < 4.78 is 0. The highest BCUT2D eigenvalue weighted by atomic mass is 32.1. The molecule has 3 rings (SSSR count). The molecule has 0 atom stereocenters. The molecule has 1 aromatic heterocycles. The van der Waals surface area contributed by atoms with Crippen LogP contribution in [0.2, 0.25) is 0 Å². The Balaban J connectivity index is 1.52. The van der Waals surface area contributed by atoms with Gasteiger partial charge in [-0.2, -0.15) is 0 Å². The summed E-state index contributed by atoms with van der Waals surface area (Å²) in [6, 6.07) is 4.30. The van der Waals surface area contributed by atoms with Crippen molar-refractivity contribution >= 4 is 17.2 Å². The number of hydrogen-bond acceptors (Lipinski definition) is 4. The number of carbonyl (C=O) groups excluding carboxylic acids is 1. The number of nitrogens with zero attached hydrogens (tertiary/aromatic N) is 2. The van der Waals surface area contributed by atoms with E-state index in [1.165, 1.54) is 4.88 Å². The second-order valence-electron chi connectivity index (χ2n) is 6.46. The molecule has 0 bridgehead atoms. The molecule has 0 unspecified atom stereocenters. The van der Waals surface area contributed by atoms with Gasteiger partial charge < -0.3 is 10.2 Å². The predicted molar refractivity (Wildman–Crippen MR) is 86.4 cm³/mol. The summed E-state index contributed by atoms with van der Waals surface area (Å²) in [5.74, 6) is 0.375. The molecule has 2 aliphatic heterocycles. The summed E-state index contributed by atoms with van der Waals surface area (Å²) in [5, 5.41) is 5.48. The third kappa shape index (κ3) is 3.47. The zero-order valence-corrected chi connectivity index (χ0v) is 13.6. The van der Waals surface area contributed by atoms with Gasteiger partial charge >= 0.3 is 0 Å². The third-order valence-corrected chi connectivity index (χ3v) is 5.70. The summed E-state index contributed by atoms with van der Waals surface area (Å²) in [6.07, 6.45) is 1.95. The van der Waals surface area contributed by atoms with Gasteiger partial charge in [-0.1, -0.05) is 13.0 Å². The van der Waals surface area contributed by atoms with E-state index in [2.05, 4.69) is 39.6 Å². The standard InChI is InChI=1S/C16H25N3OS/c1-16(4-6-17-7-5-16)15(20)19-10-8-18(9-11-19)13-14-3-2-12-21-14/h2-3,12,17H,4-11,13H2,1H3. The monoisotopic (exact) mass is 307 g/mol. The minimum absolute atomic E-state index is 0.138. The Kier molecular flexibility index (Phi) is 4.62. The molecule has 2 saturated heterocycles. The Morgan fingerprint density at radius 2 is 2.00 bits per heavy atom. The van der Waals surface area contributed by atoms with Crippen LogP contribution in [0.3, 0.4) is 0 Å². The van der Waals surface area contributed by atoms with Crippen molar-refractivity contribution < 1.29 is 4.79 Å². The van der Waals surface area contributed by atoms with Crippen molar-refractivity contribution in [1.82, 2.24) is 15.1 Å². The van der Waals surface area contributed by atoms with E-state index in [0.29, 0.717) is 5.91 Å². The minimum Gasteiger partial charge on any atom is -0.340 e. The summed E-state index contributed by atoms with van der Waals surface area (Å²) >= 11 is 1.82. The Hall–Kier alpha value is -0.910. The maximum absolute atomic E-state index is 12.8. The summed E-state index contributed by atoms with van der Waals surface area (Å²) in [5.41, 5.74) is -0.138. The van der Waals surface area contributed by atoms with Crippen LogP contribution in [0.4, 0.5) is 0 Å². The molecule has 5 heteroatoms. The van der Waals surface area contributed by atoms with Crippen LogP contribution in [0.1, 0.15) is 24.6 Å². The van der Waals surface area contributed by atoms with Crippen LogP contribution in [0.15, 0.2) is 17.5 Å². The molecule has 0 aromatic carbocycles. The van der Waals surface area contributed by atoms with Crippen LogP contribution >= 0.6 is 11.3 Å². The number of nitrogens with one attached hydrogen (secondary N) is 1. The molecule has 0 radical (unpaired) electrons. The van der Waals surface area contributed by atoms with Crippen LogP contribution < -0.4 is 5.32 Å². The number of piperidine rings is 1. The quantitative estimate of drug-likeness (QED) is 0.925. The first-order valence-corrected chi connectivity index (χ1v) is 8.80. The molecule has 0 aliphatic carbocycles. The summed E-state index contributed by atoms with van der Waals surface area (Å²) in [6.45, 7) is 8.88. The Bertz CT molecular complexity index is 460. The fourth-order valence-corrected chi connectivity index (χ4v) is 4.05. The van der Waals surface area contributed by atoms with E-state index < -0.39 is 0 Å². The predicted octanol–water partition coefficient (Wildman–Crippen LogP) is 1.78. The van der Waals surface area contributed by atoms with E-state index in [4.69, 9.17) is 0 Å². The largest absolute Gasteiger partial charge is 0.340 e. The first-order chi connectivity index (χ1) is 10.2. The van der Waals surface area contributed by atoms with Gasteiger partial charge in [0.15, 0.2) is 0 Å². The number of hydrogen-bond donors (Lipinski definition) is 1. The number of carbonyl (C=O) groups is 1. The zero-order valence-electron chi connectivity index (χ0n) is 12.8. The first-order valence-electron chi connectivity index (χ1n) is 7.92. The van der Waals surface area contributed by atoms with E-state index in [0.717, 1.165) is 58.7 Å². The molecule has 1 N–H and O–H groups in total. The molecular weight excluding hydrogens is 282 g/mol. The molecule has 3 heterocycles. The van der Waals surface area contributed by atoms with Crippen molar-refractivity contribution in [3.63, 3.8) is 0 Å². The highest BCUT2D eigenvalue weighted by molar-refractivity contribution is 7.09. The first kappa shape index (κ1) is 15.0. The minimum atomic E-state index is -0.138. The van der Waals surface area contributed by atoms with E-state index in [-0.39, 0.29) is 5.41 Å². The maximum Gasteiger partial charge on any atom is 0.228 e. The Morgan fingerprint density at radius 1 is 1.29 bits per heavy atom. The summed E-state index contributed by atoms with van der Waals surface area (Å²) in [7, 11) is 0.